The molecule has 0 spiro atoms. The molecule has 0 saturated carbocycles. The molecule has 1 N–H and O–H groups in total. The van der Waals surface area contributed by atoms with E-state index in [-0.39, 0.29) is 17.5 Å². The van der Waals surface area contributed by atoms with Gasteiger partial charge in [0.05, 0.1) is 17.7 Å². The first-order chi connectivity index (χ1) is 9.60. The Labute approximate surface area is 115 Å². The number of carbonyl (C=O) groups is 1. The van der Waals surface area contributed by atoms with Crippen LogP contribution in [0.1, 0.15) is 34.5 Å². The normalized spacial score (nSPS) is 11.4. The van der Waals surface area contributed by atoms with Crippen LogP contribution in [0.4, 0.5) is 4.39 Å². The second kappa shape index (κ2) is 5.93. The topological polar surface area (TPSA) is 65.8 Å². The van der Waals surface area contributed by atoms with Crippen LogP contribution in [0, 0.1) is 17.3 Å². The third kappa shape index (κ3) is 3.18. The highest BCUT2D eigenvalue weighted by Crippen LogP contribution is 2.14. The van der Waals surface area contributed by atoms with Gasteiger partial charge in [0, 0.05) is 17.8 Å². The molecule has 0 aliphatic carbocycles. The van der Waals surface area contributed by atoms with E-state index in [1.807, 2.05) is 13.0 Å². The highest BCUT2D eigenvalue weighted by molar-refractivity contribution is 5.94. The lowest BCUT2D eigenvalue weighted by atomic mass is 10.1. The molecule has 1 aromatic carbocycles. The van der Waals surface area contributed by atoms with Crippen LogP contribution in [0.3, 0.4) is 0 Å². The van der Waals surface area contributed by atoms with Gasteiger partial charge in [-0.25, -0.2) is 4.98 Å². The van der Waals surface area contributed by atoms with Crippen LogP contribution in [0.15, 0.2) is 42.6 Å². The van der Waals surface area contributed by atoms with E-state index >= 15 is 0 Å². The highest BCUT2D eigenvalue weighted by atomic mass is 19.1. The highest BCUT2D eigenvalue weighted by Gasteiger charge is 2.12. The second-order valence-corrected chi connectivity index (χ2v) is 4.30. The molecule has 0 bridgehead atoms. The number of nitrogens with zero attached hydrogens (tertiary/aromatic N) is 2. The lowest BCUT2D eigenvalue weighted by Crippen LogP contribution is -2.26. The standard InChI is InChI=1S/C15H12FN3O/c1-10(12-4-2-11(9-17)3-5-12)19-15(20)13-6-7-18-14(16)8-13/h2-8,10H,1H3,(H,19,20). The van der Waals surface area contributed by atoms with E-state index in [1.165, 1.54) is 12.3 Å². The number of rotatable bonds is 3. The van der Waals surface area contributed by atoms with Gasteiger partial charge < -0.3 is 5.32 Å². The minimum atomic E-state index is -0.691. The molecule has 1 unspecified atom stereocenters. The van der Waals surface area contributed by atoms with Gasteiger partial charge in [-0.1, -0.05) is 12.1 Å². The predicted molar refractivity (Wildman–Crippen MR) is 71.2 cm³/mol. The van der Waals surface area contributed by atoms with Crippen molar-refractivity contribution < 1.29 is 9.18 Å². The molecule has 100 valence electrons. The van der Waals surface area contributed by atoms with Crippen LogP contribution in [-0.4, -0.2) is 10.9 Å². The number of aromatic nitrogens is 1. The second-order valence-electron chi connectivity index (χ2n) is 4.30. The molecule has 0 aliphatic heterocycles. The number of benzene rings is 1. The van der Waals surface area contributed by atoms with Gasteiger partial charge in [-0.2, -0.15) is 9.65 Å². The van der Waals surface area contributed by atoms with Crippen LogP contribution in [0.2, 0.25) is 0 Å². The zero-order valence-electron chi connectivity index (χ0n) is 10.8. The zero-order valence-corrected chi connectivity index (χ0v) is 10.8. The van der Waals surface area contributed by atoms with Gasteiger partial charge in [0.1, 0.15) is 0 Å². The summed E-state index contributed by atoms with van der Waals surface area (Å²) in [6, 6.07) is 11.2. The van der Waals surface area contributed by atoms with E-state index in [4.69, 9.17) is 5.26 Å². The molecule has 4 nitrogen and oxygen atoms in total. The van der Waals surface area contributed by atoms with Crippen molar-refractivity contribution in [2.24, 2.45) is 0 Å². The monoisotopic (exact) mass is 269 g/mol. The Morgan fingerprint density at radius 1 is 1.35 bits per heavy atom. The van der Waals surface area contributed by atoms with E-state index in [0.29, 0.717) is 5.56 Å². The molecule has 0 fully saturated rings. The molecule has 1 heterocycles. The molecule has 1 atom stereocenters. The van der Waals surface area contributed by atoms with Crippen molar-refractivity contribution in [2.75, 3.05) is 0 Å². The fourth-order valence-corrected chi connectivity index (χ4v) is 1.75. The molecule has 0 aliphatic rings. The summed E-state index contributed by atoms with van der Waals surface area (Å²) in [5, 5.41) is 11.5. The molecule has 1 aromatic heterocycles. The molecular formula is C15H12FN3O. The van der Waals surface area contributed by atoms with Crippen molar-refractivity contribution in [3.05, 3.63) is 65.2 Å². The van der Waals surface area contributed by atoms with Gasteiger partial charge in [-0.05, 0) is 30.7 Å². The Hall–Kier alpha value is -2.74. The Kier molecular flexibility index (Phi) is 4.06. The maximum atomic E-state index is 12.9. The SMILES string of the molecule is CC(NC(=O)c1ccnc(F)c1)c1ccc(C#N)cc1. The summed E-state index contributed by atoms with van der Waals surface area (Å²) in [6.45, 7) is 1.82. The van der Waals surface area contributed by atoms with Crippen molar-refractivity contribution in [1.29, 1.82) is 5.26 Å². The molecule has 5 heteroatoms. The zero-order chi connectivity index (χ0) is 14.5. The first kappa shape index (κ1) is 13.7. The van der Waals surface area contributed by atoms with Gasteiger partial charge >= 0.3 is 0 Å². The molecule has 0 radical (unpaired) electrons. The third-order valence-electron chi connectivity index (χ3n) is 2.88. The summed E-state index contributed by atoms with van der Waals surface area (Å²) in [5.41, 5.74) is 1.65. The van der Waals surface area contributed by atoms with Crippen molar-refractivity contribution in [3.63, 3.8) is 0 Å². The van der Waals surface area contributed by atoms with E-state index in [2.05, 4.69) is 10.3 Å². The van der Waals surface area contributed by atoms with Crippen LogP contribution in [-0.2, 0) is 0 Å². The van der Waals surface area contributed by atoms with Gasteiger partial charge in [0.2, 0.25) is 5.95 Å². The predicted octanol–water partition coefficient (Wildman–Crippen LogP) is 2.58. The summed E-state index contributed by atoms with van der Waals surface area (Å²) >= 11 is 0. The van der Waals surface area contributed by atoms with Crippen LogP contribution >= 0.6 is 0 Å². The maximum absolute atomic E-state index is 12.9. The van der Waals surface area contributed by atoms with Crippen molar-refractivity contribution in [3.8, 4) is 6.07 Å². The summed E-state index contributed by atoms with van der Waals surface area (Å²) in [7, 11) is 0. The van der Waals surface area contributed by atoms with Crippen LogP contribution < -0.4 is 5.32 Å². The number of nitrogens with one attached hydrogen (secondary N) is 1. The fraction of sp³-hybridized carbons (Fsp3) is 0.133. The molecule has 1 amide bonds. The van der Waals surface area contributed by atoms with E-state index in [0.717, 1.165) is 11.6 Å². The number of hydrogen-bond donors (Lipinski definition) is 1. The van der Waals surface area contributed by atoms with Gasteiger partial charge in [0.25, 0.3) is 5.91 Å². The molecule has 2 rings (SSSR count). The lowest BCUT2D eigenvalue weighted by molar-refractivity contribution is 0.0939. The number of nitriles is 1. The van der Waals surface area contributed by atoms with Gasteiger partial charge in [-0.15, -0.1) is 0 Å². The van der Waals surface area contributed by atoms with Crippen molar-refractivity contribution in [1.82, 2.24) is 10.3 Å². The van der Waals surface area contributed by atoms with Gasteiger partial charge in [-0.3, -0.25) is 4.79 Å². The number of pyridine rings is 1. The molecular weight excluding hydrogens is 257 g/mol. The quantitative estimate of drug-likeness (QED) is 0.871. The van der Waals surface area contributed by atoms with Crippen molar-refractivity contribution in [2.45, 2.75) is 13.0 Å². The summed E-state index contributed by atoms with van der Waals surface area (Å²) in [6.07, 6.45) is 1.25. The lowest BCUT2D eigenvalue weighted by Gasteiger charge is -2.14. The average molecular weight is 269 g/mol. The van der Waals surface area contributed by atoms with Crippen LogP contribution in [0.5, 0.6) is 0 Å². The van der Waals surface area contributed by atoms with E-state index in [1.54, 1.807) is 24.3 Å². The maximum Gasteiger partial charge on any atom is 0.251 e. The third-order valence-corrected chi connectivity index (χ3v) is 2.88. The van der Waals surface area contributed by atoms with Gasteiger partial charge in [0.15, 0.2) is 0 Å². The number of hydrogen-bond acceptors (Lipinski definition) is 3. The Bertz CT molecular complexity index is 662. The van der Waals surface area contributed by atoms with E-state index < -0.39 is 5.95 Å². The summed E-state index contributed by atoms with van der Waals surface area (Å²) < 4.78 is 12.9. The largest absolute Gasteiger partial charge is 0.346 e. The number of amides is 1. The van der Waals surface area contributed by atoms with Crippen molar-refractivity contribution >= 4 is 5.91 Å². The first-order valence-electron chi connectivity index (χ1n) is 6.02. The summed E-state index contributed by atoms with van der Waals surface area (Å²) in [5.74, 6) is -1.06. The average Bonchev–Trinajstić information content (AvgIpc) is 2.47. The minimum absolute atomic E-state index is 0.220. The van der Waals surface area contributed by atoms with E-state index in [9.17, 15) is 9.18 Å². The smallest absolute Gasteiger partial charge is 0.251 e. The summed E-state index contributed by atoms with van der Waals surface area (Å²) in [4.78, 5) is 15.3. The fourth-order valence-electron chi connectivity index (χ4n) is 1.75. The first-order valence-corrected chi connectivity index (χ1v) is 6.02. The molecule has 2 aromatic rings. The minimum Gasteiger partial charge on any atom is -0.346 e. The Morgan fingerprint density at radius 2 is 2.05 bits per heavy atom. The van der Waals surface area contributed by atoms with Crippen LogP contribution in [0.25, 0.3) is 0 Å². The Balaban J connectivity index is 2.09. The number of carbonyl (C=O) groups excluding carboxylic acids is 1. The molecule has 0 saturated heterocycles. The Morgan fingerprint density at radius 3 is 2.65 bits per heavy atom. The number of halogens is 1. The molecule has 20 heavy (non-hydrogen) atoms.